The molecule has 0 unspecified atom stereocenters. The van der Waals surface area contributed by atoms with Gasteiger partial charge in [0.15, 0.2) is 0 Å². The average molecular weight is 170 g/mol. The Morgan fingerprint density at radius 1 is 1.50 bits per heavy atom. The summed E-state index contributed by atoms with van der Waals surface area (Å²) in [4.78, 5) is 0. The molecule has 1 aliphatic heterocycles. The fraction of sp³-hybridized carbons (Fsp3) is 0.800. The first-order valence-electron chi connectivity index (χ1n) is 4.66. The molecule has 0 bridgehead atoms. The lowest BCUT2D eigenvalue weighted by atomic mass is 9.96. The quantitative estimate of drug-likeness (QED) is 0.588. The van der Waals surface area contributed by atoms with E-state index in [2.05, 4.69) is 6.92 Å². The van der Waals surface area contributed by atoms with Gasteiger partial charge in [-0.3, -0.25) is 0 Å². The van der Waals surface area contributed by atoms with Crippen LogP contribution in [0.25, 0.3) is 0 Å². The van der Waals surface area contributed by atoms with Gasteiger partial charge in [0.1, 0.15) is 5.60 Å². The number of ether oxygens (including phenoxy) is 2. The Labute approximate surface area is 74.6 Å². The smallest absolute Gasteiger partial charge is 0.115 e. The zero-order chi connectivity index (χ0) is 8.86. The van der Waals surface area contributed by atoms with Gasteiger partial charge < -0.3 is 9.47 Å². The molecular formula is C10H18O2. The van der Waals surface area contributed by atoms with E-state index in [1.165, 1.54) is 6.42 Å². The Morgan fingerprint density at radius 3 is 2.67 bits per heavy atom. The van der Waals surface area contributed by atoms with Crippen LogP contribution in [0.5, 0.6) is 0 Å². The third-order valence-corrected chi connectivity index (χ3v) is 2.16. The number of allylic oxidation sites excluding steroid dienone is 1. The third-order valence-electron chi connectivity index (χ3n) is 2.16. The molecule has 0 radical (unpaired) electrons. The molecule has 0 amide bonds. The summed E-state index contributed by atoms with van der Waals surface area (Å²) in [7, 11) is 0. The molecule has 1 aliphatic rings. The van der Waals surface area contributed by atoms with Gasteiger partial charge in [-0.2, -0.15) is 0 Å². The van der Waals surface area contributed by atoms with E-state index in [0.29, 0.717) is 0 Å². The maximum absolute atomic E-state index is 5.73. The lowest BCUT2D eigenvalue weighted by Crippen LogP contribution is -2.51. The van der Waals surface area contributed by atoms with E-state index in [-0.39, 0.29) is 5.60 Å². The predicted octanol–water partition coefficient (Wildman–Crippen LogP) is 2.15. The summed E-state index contributed by atoms with van der Waals surface area (Å²) in [6.45, 7) is 6.46. The van der Waals surface area contributed by atoms with Crippen molar-refractivity contribution >= 4 is 0 Å². The van der Waals surface area contributed by atoms with Crippen molar-refractivity contribution in [2.24, 2.45) is 0 Å². The Balaban J connectivity index is 2.24. The van der Waals surface area contributed by atoms with Crippen molar-refractivity contribution in [1.29, 1.82) is 0 Å². The van der Waals surface area contributed by atoms with Crippen molar-refractivity contribution < 1.29 is 9.47 Å². The van der Waals surface area contributed by atoms with E-state index in [0.717, 1.165) is 26.2 Å². The topological polar surface area (TPSA) is 18.5 Å². The van der Waals surface area contributed by atoms with Crippen LogP contribution >= 0.6 is 0 Å². The fourth-order valence-corrected chi connectivity index (χ4v) is 1.41. The molecule has 0 aliphatic carbocycles. The highest BCUT2D eigenvalue weighted by Gasteiger charge is 2.38. The zero-order valence-corrected chi connectivity index (χ0v) is 8.01. The van der Waals surface area contributed by atoms with Crippen molar-refractivity contribution in [3.05, 3.63) is 12.2 Å². The molecule has 12 heavy (non-hydrogen) atoms. The van der Waals surface area contributed by atoms with E-state index in [1.807, 2.05) is 19.1 Å². The molecule has 2 heteroatoms. The average Bonchev–Trinajstić information content (AvgIpc) is 2.00. The van der Waals surface area contributed by atoms with Crippen LogP contribution in [-0.2, 0) is 9.47 Å². The predicted molar refractivity (Wildman–Crippen MR) is 49.2 cm³/mol. The maximum atomic E-state index is 5.73. The lowest BCUT2D eigenvalue weighted by molar-refractivity contribution is -0.207. The van der Waals surface area contributed by atoms with Crippen LogP contribution in [0.1, 0.15) is 26.7 Å². The largest absolute Gasteiger partial charge is 0.375 e. The van der Waals surface area contributed by atoms with Crippen LogP contribution < -0.4 is 0 Å². The molecular weight excluding hydrogens is 152 g/mol. The second kappa shape index (κ2) is 4.63. The fourth-order valence-electron chi connectivity index (χ4n) is 1.41. The van der Waals surface area contributed by atoms with Crippen molar-refractivity contribution in [2.75, 3.05) is 19.8 Å². The van der Waals surface area contributed by atoms with Crippen molar-refractivity contribution in [3.63, 3.8) is 0 Å². The van der Waals surface area contributed by atoms with E-state index in [1.54, 1.807) is 0 Å². The van der Waals surface area contributed by atoms with Gasteiger partial charge >= 0.3 is 0 Å². The Hall–Kier alpha value is -0.340. The van der Waals surface area contributed by atoms with Crippen molar-refractivity contribution in [2.45, 2.75) is 32.3 Å². The van der Waals surface area contributed by atoms with Gasteiger partial charge in [0.2, 0.25) is 0 Å². The highest BCUT2D eigenvalue weighted by molar-refractivity contribution is 4.89. The van der Waals surface area contributed by atoms with Crippen molar-refractivity contribution in [1.82, 2.24) is 0 Å². The zero-order valence-electron chi connectivity index (χ0n) is 8.01. The second-order valence-corrected chi connectivity index (χ2v) is 3.31. The molecule has 0 aromatic rings. The standard InChI is InChI=1S/C10H18O2/c1-3-5-7-12-10(6-4-2)8-11-9-10/h3,5H,4,6-9H2,1-2H3. The molecule has 1 rings (SSSR count). The summed E-state index contributed by atoms with van der Waals surface area (Å²) in [5, 5.41) is 0. The van der Waals surface area contributed by atoms with E-state index < -0.39 is 0 Å². The van der Waals surface area contributed by atoms with Crippen LogP contribution in [0.2, 0.25) is 0 Å². The van der Waals surface area contributed by atoms with E-state index in [9.17, 15) is 0 Å². The molecule has 1 heterocycles. The van der Waals surface area contributed by atoms with Crippen LogP contribution in [0.3, 0.4) is 0 Å². The first-order valence-corrected chi connectivity index (χ1v) is 4.66. The molecule has 0 atom stereocenters. The van der Waals surface area contributed by atoms with Crippen LogP contribution in [0, 0.1) is 0 Å². The molecule has 70 valence electrons. The van der Waals surface area contributed by atoms with Gasteiger partial charge in [-0.15, -0.1) is 0 Å². The van der Waals surface area contributed by atoms with Crippen LogP contribution in [0.4, 0.5) is 0 Å². The number of hydrogen-bond acceptors (Lipinski definition) is 2. The molecule has 0 spiro atoms. The first kappa shape index (κ1) is 9.75. The SMILES string of the molecule is CC=CCOC1(CCC)COC1. The van der Waals surface area contributed by atoms with Gasteiger partial charge in [-0.1, -0.05) is 25.5 Å². The molecule has 0 saturated carbocycles. The summed E-state index contributed by atoms with van der Waals surface area (Å²) < 4.78 is 10.9. The lowest BCUT2D eigenvalue weighted by Gasteiger charge is -2.40. The van der Waals surface area contributed by atoms with Gasteiger partial charge in [-0.25, -0.2) is 0 Å². The highest BCUT2D eigenvalue weighted by Crippen LogP contribution is 2.26. The molecule has 0 N–H and O–H groups in total. The van der Waals surface area contributed by atoms with Crippen LogP contribution in [0.15, 0.2) is 12.2 Å². The van der Waals surface area contributed by atoms with Gasteiger partial charge in [0.25, 0.3) is 0 Å². The Morgan fingerprint density at radius 2 is 2.25 bits per heavy atom. The molecule has 1 saturated heterocycles. The summed E-state index contributed by atoms with van der Waals surface area (Å²) in [5.74, 6) is 0. The Kier molecular flexibility index (Phi) is 3.76. The molecule has 0 aromatic carbocycles. The summed E-state index contributed by atoms with van der Waals surface area (Å²) >= 11 is 0. The maximum Gasteiger partial charge on any atom is 0.115 e. The van der Waals surface area contributed by atoms with E-state index in [4.69, 9.17) is 9.47 Å². The van der Waals surface area contributed by atoms with Gasteiger partial charge in [0.05, 0.1) is 19.8 Å². The summed E-state index contributed by atoms with van der Waals surface area (Å²) in [5.41, 5.74) is 0.0499. The normalized spacial score (nSPS) is 21.2. The summed E-state index contributed by atoms with van der Waals surface area (Å²) in [6, 6.07) is 0. The minimum absolute atomic E-state index is 0.0499. The summed E-state index contributed by atoms with van der Waals surface area (Å²) in [6.07, 6.45) is 6.33. The second-order valence-electron chi connectivity index (χ2n) is 3.31. The first-order chi connectivity index (χ1) is 5.83. The Bertz CT molecular complexity index is 148. The highest BCUT2D eigenvalue weighted by atomic mass is 16.6. The number of rotatable bonds is 5. The monoisotopic (exact) mass is 170 g/mol. The molecule has 2 nitrogen and oxygen atoms in total. The van der Waals surface area contributed by atoms with Crippen molar-refractivity contribution in [3.8, 4) is 0 Å². The molecule has 0 aromatic heterocycles. The van der Waals surface area contributed by atoms with Gasteiger partial charge in [0, 0.05) is 0 Å². The molecule has 1 fully saturated rings. The minimum Gasteiger partial charge on any atom is -0.375 e. The number of hydrogen-bond donors (Lipinski definition) is 0. The van der Waals surface area contributed by atoms with E-state index >= 15 is 0 Å². The minimum atomic E-state index is 0.0499. The third kappa shape index (κ3) is 2.32. The van der Waals surface area contributed by atoms with Crippen LogP contribution in [-0.4, -0.2) is 25.4 Å². The van der Waals surface area contributed by atoms with Gasteiger partial charge in [-0.05, 0) is 13.3 Å².